The molecule has 0 radical (unpaired) electrons. The summed E-state index contributed by atoms with van der Waals surface area (Å²) in [5.41, 5.74) is -0.634. The van der Waals surface area contributed by atoms with E-state index in [9.17, 15) is 29.8 Å². The van der Waals surface area contributed by atoms with Gasteiger partial charge in [-0.1, -0.05) is 6.92 Å². The van der Waals surface area contributed by atoms with Crippen LogP contribution in [0.15, 0.2) is 18.2 Å². The highest BCUT2D eigenvalue weighted by Gasteiger charge is 2.28. The van der Waals surface area contributed by atoms with Crippen molar-refractivity contribution < 1.29 is 24.2 Å². The van der Waals surface area contributed by atoms with Gasteiger partial charge in [0.25, 0.3) is 17.3 Å². The Morgan fingerprint density at radius 2 is 1.86 bits per heavy atom. The zero-order valence-electron chi connectivity index (χ0n) is 16.2. The lowest BCUT2D eigenvalue weighted by Crippen LogP contribution is -2.18. The number of carbonyl (C=O) groups is 2. The number of nitrogens with zero attached hydrogens (tertiary/aromatic N) is 2. The van der Waals surface area contributed by atoms with Crippen LogP contribution in [-0.4, -0.2) is 27.8 Å². The normalized spacial score (nSPS) is 10.7. The van der Waals surface area contributed by atoms with Crippen LogP contribution >= 0.6 is 11.3 Å². The van der Waals surface area contributed by atoms with E-state index >= 15 is 0 Å². The van der Waals surface area contributed by atoms with Gasteiger partial charge in [0.2, 0.25) is 0 Å². The van der Waals surface area contributed by atoms with Crippen molar-refractivity contribution in [2.45, 2.75) is 40.2 Å². The number of benzene rings is 1. The molecule has 2 aromatic rings. The van der Waals surface area contributed by atoms with Gasteiger partial charge in [0.05, 0.1) is 27.6 Å². The molecule has 0 aliphatic heterocycles. The number of ether oxygens (including phenoxy) is 1. The smallest absolute Gasteiger partial charge is 0.341 e. The molecule has 0 saturated carbocycles. The summed E-state index contributed by atoms with van der Waals surface area (Å²) in [4.78, 5) is 46.5. The van der Waals surface area contributed by atoms with Crippen molar-refractivity contribution in [3.05, 3.63) is 60.0 Å². The van der Waals surface area contributed by atoms with Crippen molar-refractivity contribution in [2.24, 2.45) is 0 Å². The topological polar surface area (TPSA) is 142 Å². The highest BCUT2D eigenvalue weighted by molar-refractivity contribution is 7.16. The monoisotopic (exact) mass is 421 g/mol. The second kappa shape index (κ2) is 8.78. The maximum absolute atomic E-state index is 12.7. The van der Waals surface area contributed by atoms with Gasteiger partial charge in [-0.2, -0.15) is 0 Å². The first-order valence-electron chi connectivity index (χ1n) is 8.64. The second-order valence-electron chi connectivity index (χ2n) is 6.32. The number of aryl methyl sites for hydroxylation is 1. The molecule has 29 heavy (non-hydrogen) atoms. The fourth-order valence-electron chi connectivity index (χ4n) is 2.73. The molecule has 1 aromatic heterocycles. The third kappa shape index (κ3) is 4.74. The van der Waals surface area contributed by atoms with E-state index in [2.05, 4.69) is 5.32 Å². The van der Waals surface area contributed by atoms with Gasteiger partial charge < -0.3 is 10.1 Å². The highest BCUT2D eigenvalue weighted by Crippen LogP contribution is 2.35. The van der Waals surface area contributed by atoms with E-state index in [1.165, 1.54) is 0 Å². The van der Waals surface area contributed by atoms with E-state index in [0.29, 0.717) is 12.0 Å². The molecule has 1 amide bonds. The van der Waals surface area contributed by atoms with Crippen LogP contribution in [0.5, 0.6) is 0 Å². The number of nitro benzene ring substituents is 2. The van der Waals surface area contributed by atoms with E-state index in [1.807, 2.05) is 6.92 Å². The van der Waals surface area contributed by atoms with Gasteiger partial charge in [0, 0.05) is 10.9 Å². The van der Waals surface area contributed by atoms with E-state index < -0.39 is 33.1 Å². The molecule has 0 bridgehead atoms. The van der Waals surface area contributed by atoms with Gasteiger partial charge in [0.1, 0.15) is 10.6 Å². The fourth-order valence-corrected chi connectivity index (χ4v) is 3.86. The summed E-state index contributed by atoms with van der Waals surface area (Å²) < 4.78 is 5.26. The summed E-state index contributed by atoms with van der Waals surface area (Å²) >= 11 is 1.16. The molecule has 1 aromatic carbocycles. The second-order valence-corrected chi connectivity index (χ2v) is 7.54. The van der Waals surface area contributed by atoms with Gasteiger partial charge >= 0.3 is 5.97 Å². The molecule has 1 heterocycles. The van der Waals surface area contributed by atoms with Crippen molar-refractivity contribution in [1.82, 2.24) is 0 Å². The molecule has 0 saturated heterocycles. The Morgan fingerprint density at radius 1 is 1.21 bits per heavy atom. The third-order valence-electron chi connectivity index (χ3n) is 3.97. The molecule has 10 nitrogen and oxygen atoms in total. The maximum atomic E-state index is 12.7. The molecule has 0 unspecified atom stereocenters. The first-order valence-corrected chi connectivity index (χ1v) is 9.45. The minimum atomic E-state index is -0.868. The Balaban J connectivity index is 2.47. The van der Waals surface area contributed by atoms with Crippen LogP contribution < -0.4 is 5.32 Å². The lowest BCUT2D eigenvalue weighted by molar-refractivity contribution is -0.394. The van der Waals surface area contributed by atoms with E-state index in [1.54, 1.807) is 20.8 Å². The zero-order chi connectivity index (χ0) is 21.9. The average molecular weight is 421 g/mol. The summed E-state index contributed by atoms with van der Waals surface area (Å²) in [6.45, 7) is 7.04. The van der Waals surface area contributed by atoms with Crippen molar-refractivity contribution in [1.29, 1.82) is 0 Å². The van der Waals surface area contributed by atoms with Crippen LogP contribution in [-0.2, 0) is 11.2 Å². The predicted octanol–water partition coefficient (Wildman–Crippen LogP) is 4.25. The number of hydrogen-bond acceptors (Lipinski definition) is 8. The summed E-state index contributed by atoms with van der Waals surface area (Å²) in [5, 5.41) is 24.9. The van der Waals surface area contributed by atoms with E-state index in [4.69, 9.17) is 4.74 Å². The molecule has 0 aliphatic carbocycles. The van der Waals surface area contributed by atoms with Crippen LogP contribution in [0.2, 0.25) is 0 Å². The molecule has 0 atom stereocenters. The van der Waals surface area contributed by atoms with Crippen molar-refractivity contribution in [3.63, 3.8) is 0 Å². The molecule has 1 N–H and O–H groups in total. The number of anilines is 1. The van der Waals surface area contributed by atoms with Crippen LogP contribution in [0, 0.1) is 27.2 Å². The summed E-state index contributed by atoms with van der Waals surface area (Å²) in [6, 6.07) is 2.74. The Kier molecular flexibility index (Phi) is 6.64. The SMILES string of the molecule is CCc1c(C)sc(NC(=O)c2ccc([N+](=O)[O-])cc2[N+](=O)[O-])c1C(=O)OC(C)C. The summed E-state index contributed by atoms with van der Waals surface area (Å²) in [5.74, 6) is -1.45. The number of amides is 1. The van der Waals surface area contributed by atoms with Crippen LogP contribution in [0.4, 0.5) is 16.4 Å². The molecule has 0 fully saturated rings. The van der Waals surface area contributed by atoms with Gasteiger partial charge in [0.15, 0.2) is 0 Å². The predicted molar refractivity (Wildman–Crippen MR) is 107 cm³/mol. The van der Waals surface area contributed by atoms with Gasteiger partial charge in [-0.15, -0.1) is 11.3 Å². The Morgan fingerprint density at radius 3 is 2.38 bits per heavy atom. The molecule has 2 rings (SSSR count). The zero-order valence-corrected chi connectivity index (χ0v) is 17.0. The lowest BCUT2D eigenvalue weighted by atomic mass is 10.1. The molecule has 154 valence electrons. The van der Waals surface area contributed by atoms with Crippen molar-refractivity contribution in [2.75, 3.05) is 5.32 Å². The molecule has 0 spiro atoms. The fraction of sp³-hybridized carbons (Fsp3) is 0.333. The first-order chi connectivity index (χ1) is 13.6. The third-order valence-corrected chi connectivity index (χ3v) is 5.03. The van der Waals surface area contributed by atoms with Crippen LogP contribution in [0.3, 0.4) is 0 Å². The number of non-ortho nitro benzene ring substituents is 1. The number of rotatable bonds is 7. The van der Waals surface area contributed by atoms with E-state index in [-0.39, 0.29) is 22.2 Å². The number of carbonyl (C=O) groups excluding carboxylic acids is 2. The average Bonchev–Trinajstić information content (AvgIpc) is 2.95. The minimum Gasteiger partial charge on any atom is -0.459 e. The number of thiophene rings is 1. The molecule has 11 heteroatoms. The van der Waals surface area contributed by atoms with Crippen LogP contribution in [0.25, 0.3) is 0 Å². The van der Waals surface area contributed by atoms with Gasteiger partial charge in [-0.3, -0.25) is 25.0 Å². The number of esters is 1. The minimum absolute atomic E-state index is 0.210. The van der Waals surface area contributed by atoms with Crippen molar-refractivity contribution >= 4 is 39.6 Å². The molecular weight excluding hydrogens is 402 g/mol. The van der Waals surface area contributed by atoms with Gasteiger partial charge in [-0.05, 0) is 38.8 Å². The standard InChI is InChI=1S/C18H19N3O7S/c1-5-12-10(4)29-17(15(12)18(23)28-9(2)3)19-16(22)13-7-6-11(20(24)25)8-14(13)21(26)27/h6-9H,5H2,1-4H3,(H,19,22). The highest BCUT2D eigenvalue weighted by atomic mass is 32.1. The summed E-state index contributed by atoms with van der Waals surface area (Å²) in [6.07, 6.45) is 0.157. The quantitative estimate of drug-likeness (QED) is 0.400. The molecular formula is C18H19N3O7S. The number of nitro groups is 2. The Bertz CT molecular complexity index is 998. The summed E-state index contributed by atoms with van der Waals surface area (Å²) in [7, 11) is 0. The van der Waals surface area contributed by atoms with Gasteiger partial charge in [-0.25, -0.2) is 4.79 Å². The Hall–Kier alpha value is -3.34. The maximum Gasteiger partial charge on any atom is 0.341 e. The number of nitrogens with one attached hydrogen (secondary N) is 1. The largest absolute Gasteiger partial charge is 0.459 e. The Labute approximate surface area is 169 Å². The lowest BCUT2D eigenvalue weighted by Gasteiger charge is -2.11. The van der Waals surface area contributed by atoms with Crippen LogP contribution in [0.1, 0.15) is 51.9 Å². The molecule has 0 aliphatic rings. The number of hydrogen-bond donors (Lipinski definition) is 1. The van der Waals surface area contributed by atoms with Crippen molar-refractivity contribution in [3.8, 4) is 0 Å². The first kappa shape index (κ1) is 22.0. The van der Waals surface area contributed by atoms with E-state index in [0.717, 1.165) is 34.4 Å².